The number of aromatic nitrogens is 4. The van der Waals surface area contributed by atoms with Gasteiger partial charge >= 0.3 is 5.97 Å². The molecule has 5 N–H and O–H groups in total. The average Bonchev–Trinajstić information content (AvgIpc) is 1.75. The van der Waals surface area contributed by atoms with Gasteiger partial charge in [-0.15, -0.1) is 0 Å². The van der Waals surface area contributed by atoms with Crippen LogP contribution >= 0.6 is 0 Å². The van der Waals surface area contributed by atoms with Crippen molar-refractivity contribution in [1.29, 1.82) is 0 Å². The minimum absolute atomic E-state index is 0.0317. The Kier molecular flexibility index (Phi) is 24.2. The van der Waals surface area contributed by atoms with Gasteiger partial charge in [-0.05, 0) is 207 Å². The molecule has 0 unspecified atom stereocenters. The fourth-order valence-corrected chi connectivity index (χ4v) is 12.2. The smallest absolute Gasteiger partial charge is 0.305 e. The number of fused-ring (bicyclic) bond motifs is 6. The number of hydrogen-bond donors (Lipinski definition) is 5. The van der Waals surface area contributed by atoms with Crippen LogP contribution in [-0.2, 0) is 40.0 Å². The van der Waals surface area contributed by atoms with Gasteiger partial charge in [0, 0.05) is 48.2 Å². The van der Waals surface area contributed by atoms with Crippen molar-refractivity contribution >= 4 is 29.9 Å². The summed E-state index contributed by atoms with van der Waals surface area (Å²) in [6.07, 6.45) is 12.6. The third-order valence-corrected chi connectivity index (χ3v) is 16.6. The molecule has 0 radical (unpaired) electrons. The number of carboxylic acid groups (broad SMARTS) is 1. The van der Waals surface area contributed by atoms with Crippen molar-refractivity contribution in [1.82, 2.24) is 40.4 Å². The van der Waals surface area contributed by atoms with E-state index in [9.17, 15) is 33.4 Å². The lowest BCUT2D eigenvalue weighted by Crippen LogP contribution is -2.43. The molecule has 2 aliphatic carbocycles. The van der Waals surface area contributed by atoms with E-state index < -0.39 is 30.4 Å². The Hall–Kier alpha value is -7.45. The van der Waals surface area contributed by atoms with Crippen LogP contribution in [0.25, 0.3) is 56.9 Å². The number of carboxylic acids is 1. The Morgan fingerprint density at radius 3 is 1.55 bits per heavy atom. The predicted octanol–water partition coefficient (Wildman–Crippen LogP) is 12.4. The fraction of sp³-hybridized carbons (Fsp3) is 0.466. The van der Waals surface area contributed by atoms with E-state index in [4.69, 9.17) is 34.5 Å². The summed E-state index contributed by atoms with van der Waals surface area (Å²) in [5, 5.41) is 35.6. The van der Waals surface area contributed by atoms with Gasteiger partial charge < -0.3 is 45.2 Å². The van der Waals surface area contributed by atoms with Crippen LogP contribution in [-0.4, -0.2) is 147 Å². The number of aryl methyl sites for hydroxylation is 2. The number of carbonyl (C=O) groups excluding carboxylic acids is 2. The molecule has 91 heavy (non-hydrogen) atoms. The Balaban J connectivity index is 0.000000235. The van der Waals surface area contributed by atoms with Gasteiger partial charge in [0.05, 0.1) is 65.0 Å². The van der Waals surface area contributed by atoms with E-state index in [1.54, 1.807) is 30.4 Å². The summed E-state index contributed by atoms with van der Waals surface area (Å²) in [4.78, 5) is 61.2. The molecule has 4 atom stereocenters. The quantitative estimate of drug-likeness (QED) is 0.0378. The number of amides is 2. The summed E-state index contributed by atoms with van der Waals surface area (Å²) < 4.78 is 40.7. The molecular formula is C73H92F2N8O8. The van der Waals surface area contributed by atoms with E-state index in [0.717, 1.165) is 154 Å². The molecule has 16 nitrogen and oxygen atoms in total. The van der Waals surface area contributed by atoms with E-state index in [-0.39, 0.29) is 53.9 Å². The lowest BCUT2D eigenvalue weighted by atomic mass is 9.86. The van der Waals surface area contributed by atoms with Crippen LogP contribution in [0.4, 0.5) is 8.78 Å². The first kappa shape index (κ1) is 69.4. The van der Waals surface area contributed by atoms with Gasteiger partial charge in [-0.3, -0.25) is 24.4 Å². The van der Waals surface area contributed by atoms with Gasteiger partial charge in [0.2, 0.25) is 0 Å². The zero-order valence-corrected chi connectivity index (χ0v) is 54.8. The number of carbonyl (C=O) groups is 3. The van der Waals surface area contributed by atoms with Crippen LogP contribution in [0.1, 0.15) is 178 Å². The minimum Gasteiger partial charge on any atom is -0.481 e. The van der Waals surface area contributed by atoms with Crippen LogP contribution in [0.3, 0.4) is 0 Å². The molecule has 1 fully saturated rings. The van der Waals surface area contributed by atoms with Gasteiger partial charge in [-0.25, -0.2) is 18.7 Å². The number of ether oxygens (including phenoxy) is 2. The summed E-state index contributed by atoms with van der Waals surface area (Å²) in [5.41, 5.74) is 15.3. The number of hydrogen-bond acceptors (Lipinski definition) is 13. The van der Waals surface area contributed by atoms with Crippen LogP contribution in [0.2, 0.25) is 0 Å². The molecule has 18 heteroatoms. The molecule has 1 saturated heterocycles. The summed E-state index contributed by atoms with van der Waals surface area (Å²) >= 11 is 0. The highest BCUT2D eigenvalue weighted by Gasteiger charge is 2.35. The Bertz CT molecular complexity index is 3570. The van der Waals surface area contributed by atoms with Crippen molar-refractivity contribution in [2.45, 2.75) is 168 Å². The standard InChI is InChI=1S/C38H49FN4O3.C35H43FN4O5/c1-8-27-23-28(46-38(4,5)45-27)17-18-31-34(25-13-15-26(39)16-14-25)30-11-9-12-32-29(36(30)42-35(31)24(2)3)19-20-33(41-32)37(44)40-21-10-22-43(6)7;1-21(2)33-28(14-13-24(41)19-25(42)20-31(43)44)32(22-9-11-23(36)12-10-22)27-7-5-8-29-26(34(27)39-33)15-16-30(38-29)35(45)37-17-6-18-40(3)4/h13-20,24,27-28H,8-12,21-23H2,1-7H3,(H,40,44);9-16,21,24-25,41-42H,5-8,17-20H2,1-4H3,(H,37,45)(H,43,44)/b18-17+;14-13+/t27-,28+;24-,25-/m01/s1. The van der Waals surface area contributed by atoms with Crippen molar-refractivity contribution in [3.8, 4) is 44.8 Å². The molecule has 5 heterocycles. The first-order valence-electron chi connectivity index (χ1n) is 32.2. The first-order valence-corrected chi connectivity index (χ1v) is 32.2. The summed E-state index contributed by atoms with van der Waals surface area (Å²) in [5.74, 6) is -2.71. The van der Waals surface area contributed by atoms with Gasteiger partial charge in [0.15, 0.2) is 5.79 Å². The van der Waals surface area contributed by atoms with Crippen LogP contribution in [0.5, 0.6) is 0 Å². The van der Waals surface area contributed by atoms with Gasteiger partial charge in [0.1, 0.15) is 23.0 Å². The van der Waals surface area contributed by atoms with E-state index >= 15 is 0 Å². The molecule has 9 rings (SSSR count). The van der Waals surface area contributed by atoms with Crippen LogP contribution < -0.4 is 10.6 Å². The van der Waals surface area contributed by atoms with Crippen LogP contribution in [0.15, 0.2) is 84.9 Å². The molecule has 0 bridgehead atoms. The Morgan fingerprint density at radius 1 is 0.659 bits per heavy atom. The zero-order chi connectivity index (χ0) is 65.7. The predicted molar refractivity (Wildman–Crippen MR) is 355 cm³/mol. The molecule has 486 valence electrons. The maximum Gasteiger partial charge on any atom is 0.305 e. The Labute approximate surface area is 535 Å². The number of aliphatic hydroxyl groups excluding tert-OH is 2. The molecule has 0 spiro atoms. The number of aliphatic hydroxyl groups is 2. The van der Waals surface area contributed by atoms with Gasteiger partial charge in [-0.2, -0.15) is 0 Å². The van der Waals surface area contributed by atoms with Gasteiger partial charge in [0.25, 0.3) is 11.8 Å². The third kappa shape index (κ3) is 18.4. The second-order valence-electron chi connectivity index (χ2n) is 25.7. The largest absolute Gasteiger partial charge is 0.481 e. The van der Waals surface area contributed by atoms with Crippen molar-refractivity contribution in [2.24, 2.45) is 0 Å². The summed E-state index contributed by atoms with van der Waals surface area (Å²) in [6, 6.07) is 20.5. The second kappa shape index (κ2) is 31.7. The topological polar surface area (TPSA) is 212 Å². The van der Waals surface area contributed by atoms with Crippen molar-refractivity contribution in [3.05, 3.63) is 153 Å². The number of rotatable bonds is 23. The fourth-order valence-electron chi connectivity index (χ4n) is 12.2. The molecule has 2 amide bonds. The minimum atomic E-state index is -1.19. The average molecular weight is 1250 g/mol. The first-order chi connectivity index (χ1) is 43.4. The highest BCUT2D eigenvalue weighted by molar-refractivity contribution is 5.94. The van der Waals surface area contributed by atoms with Crippen molar-refractivity contribution < 1.29 is 48.0 Å². The maximum absolute atomic E-state index is 14.2. The molecule has 0 saturated carbocycles. The van der Waals surface area contributed by atoms with Crippen molar-refractivity contribution in [2.75, 3.05) is 54.4 Å². The van der Waals surface area contributed by atoms with E-state index in [1.165, 1.54) is 24.3 Å². The molecule has 6 aromatic rings. The molecule has 1 aliphatic heterocycles. The number of aliphatic carboxylic acids is 1. The molecule has 3 aliphatic rings. The summed E-state index contributed by atoms with van der Waals surface area (Å²) in [6.45, 7) is 17.4. The van der Waals surface area contributed by atoms with E-state index in [2.05, 4.69) is 53.4 Å². The van der Waals surface area contributed by atoms with Crippen LogP contribution in [0, 0.1) is 11.6 Å². The SMILES string of the molecule is CC(C)c1nc2c(c(-c3ccc(F)cc3)c1/C=C/[C@@H](O)C[C@@H](O)CC(=O)O)CCCc1nc(C(=O)NCCCN(C)C)ccc1-2.CC[C@H]1C[C@@H](/C=C/c2c(C(C)C)nc3c(c2-c2ccc(F)cc2)CCCc2nc(C(=O)NCCCN(C)C)ccc2-3)OC(C)(C)O1. The van der Waals surface area contributed by atoms with Gasteiger partial charge in [-0.1, -0.05) is 83.2 Å². The molecule has 4 aromatic heterocycles. The lowest BCUT2D eigenvalue weighted by molar-refractivity contribution is -0.290. The van der Waals surface area contributed by atoms with Crippen molar-refractivity contribution in [3.63, 3.8) is 0 Å². The maximum atomic E-state index is 14.2. The number of benzene rings is 2. The lowest BCUT2D eigenvalue weighted by Gasteiger charge is -2.39. The number of nitrogens with zero attached hydrogens (tertiary/aromatic N) is 6. The second-order valence-corrected chi connectivity index (χ2v) is 25.7. The third-order valence-electron chi connectivity index (χ3n) is 16.6. The summed E-state index contributed by atoms with van der Waals surface area (Å²) in [7, 11) is 8.03. The number of halogens is 2. The molecule has 2 aromatic carbocycles. The highest BCUT2D eigenvalue weighted by atomic mass is 19.1. The zero-order valence-electron chi connectivity index (χ0n) is 54.8. The monoisotopic (exact) mass is 1250 g/mol. The van der Waals surface area contributed by atoms with E-state index in [0.29, 0.717) is 37.3 Å². The molecular weight excluding hydrogens is 1150 g/mol. The Morgan fingerprint density at radius 2 is 1.12 bits per heavy atom. The number of pyridine rings is 4. The number of nitrogens with one attached hydrogen (secondary N) is 2. The highest BCUT2D eigenvalue weighted by Crippen LogP contribution is 2.44. The van der Waals surface area contributed by atoms with E-state index in [1.807, 2.05) is 86.2 Å². The normalized spacial score (nSPS) is 16.8.